The van der Waals surface area contributed by atoms with Crippen LogP contribution in [0.3, 0.4) is 0 Å². The van der Waals surface area contributed by atoms with E-state index in [0.717, 1.165) is 23.3 Å². The predicted octanol–water partition coefficient (Wildman–Crippen LogP) is 4.69. The van der Waals surface area contributed by atoms with Gasteiger partial charge in [-0.05, 0) is 72.9 Å². The van der Waals surface area contributed by atoms with E-state index < -0.39 is 0 Å². The van der Waals surface area contributed by atoms with Crippen molar-refractivity contribution in [2.24, 2.45) is 0 Å². The normalized spacial score (nSPS) is 14.4. The number of aryl methyl sites for hydroxylation is 3. The molecule has 1 aliphatic rings. The minimum absolute atomic E-state index is 0.0686. The largest absolute Gasteiger partial charge is 0.496 e. The molecule has 3 heteroatoms. The van der Waals surface area contributed by atoms with Gasteiger partial charge in [0.1, 0.15) is 5.75 Å². The minimum Gasteiger partial charge on any atom is -0.496 e. The first-order valence-corrected chi connectivity index (χ1v) is 9.65. The second-order valence-corrected chi connectivity index (χ2v) is 7.24. The van der Waals surface area contributed by atoms with Crippen molar-refractivity contribution in [2.75, 3.05) is 7.11 Å². The Hall–Kier alpha value is -2.29. The first kappa shape index (κ1) is 18.5. The van der Waals surface area contributed by atoms with Gasteiger partial charge in [-0.2, -0.15) is 0 Å². The Kier molecular flexibility index (Phi) is 5.97. The Morgan fingerprint density at radius 3 is 2.58 bits per heavy atom. The molecule has 0 spiro atoms. The second-order valence-electron chi connectivity index (χ2n) is 7.24. The number of nitrogens with one attached hydrogen (secondary N) is 1. The monoisotopic (exact) mass is 351 g/mol. The lowest BCUT2D eigenvalue weighted by Gasteiger charge is -2.22. The summed E-state index contributed by atoms with van der Waals surface area (Å²) in [6.45, 7) is 4.13. The van der Waals surface area contributed by atoms with Gasteiger partial charge >= 0.3 is 0 Å². The Morgan fingerprint density at radius 1 is 1.12 bits per heavy atom. The minimum atomic E-state index is 0.0686. The van der Waals surface area contributed by atoms with Crippen molar-refractivity contribution in [2.45, 2.75) is 58.4 Å². The van der Waals surface area contributed by atoms with E-state index in [9.17, 15) is 4.79 Å². The van der Waals surface area contributed by atoms with E-state index in [2.05, 4.69) is 30.4 Å². The molecule has 1 amide bonds. The number of hydrogen-bond acceptors (Lipinski definition) is 2. The molecule has 1 aliphatic carbocycles. The molecule has 2 aromatic rings. The van der Waals surface area contributed by atoms with Gasteiger partial charge in [0.05, 0.1) is 19.6 Å². The quantitative estimate of drug-likeness (QED) is 0.820. The van der Waals surface area contributed by atoms with Gasteiger partial charge in [0, 0.05) is 0 Å². The average molecular weight is 351 g/mol. The van der Waals surface area contributed by atoms with Crippen LogP contribution in [0.4, 0.5) is 0 Å². The molecule has 0 heterocycles. The van der Waals surface area contributed by atoms with Gasteiger partial charge in [0.25, 0.3) is 0 Å². The number of fused-ring (bicyclic) bond motifs is 1. The van der Waals surface area contributed by atoms with Crippen LogP contribution in [0.2, 0.25) is 0 Å². The molecule has 0 aromatic heterocycles. The molecule has 26 heavy (non-hydrogen) atoms. The van der Waals surface area contributed by atoms with Crippen LogP contribution in [-0.4, -0.2) is 13.0 Å². The molecule has 1 atom stereocenters. The van der Waals surface area contributed by atoms with Crippen molar-refractivity contribution in [1.29, 1.82) is 0 Å². The second kappa shape index (κ2) is 8.39. The van der Waals surface area contributed by atoms with Crippen molar-refractivity contribution in [3.63, 3.8) is 0 Å². The van der Waals surface area contributed by atoms with Gasteiger partial charge in [-0.15, -0.1) is 0 Å². The zero-order valence-electron chi connectivity index (χ0n) is 16.1. The van der Waals surface area contributed by atoms with Crippen LogP contribution in [0.1, 0.15) is 60.0 Å². The van der Waals surface area contributed by atoms with Gasteiger partial charge < -0.3 is 10.1 Å². The lowest BCUT2D eigenvalue weighted by Crippen LogP contribution is -2.29. The number of ether oxygens (including phenoxy) is 1. The Balaban J connectivity index is 1.67. The fourth-order valence-corrected chi connectivity index (χ4v) is 3.87. The average Bonchev–Trinajstić information content (AvgIpc) is 2.66. The summed E-state index contributed by atoms with van der Waals surface area (Å²) in [6.07, 6.45) is 6.21. The van der Waals surface area contributed by atoms with Crippen LogP contribution in [0, 0.1) is 6.92 Å². The lowest BCUT2D eigenvalue weighted by molar-refractivity contribution is -0.121. The third-order valence-electron chi connectivity index (χ3n) is 5.34. The van der Waals surface area contributed by atoms with Crippen LogP contribution >= 0.6 is 0 Å². The van der Waals surface area contributed by atoms with Crippen molar-refractivity contribution in [3.05, 3.63) is 64.2 Å². The first-order valence-electron chi connectivity index (χ1n) is 9.65. The van der Waals surface area contributed by atoms with Gasteiger partial charge in [-0.1, -0.05) is 37.3 Å². The van der Waals surface area contributed by atoms with Gasteiger partial charge in [-0.3, -0.25) is 4.79 Å². The number of amides is 1. The van der Waals surface area contributed by atoms with E-state index in [1.807, 2.05) is 25.1 Å². The van der Waals surface area contributed by atoms with Gasteiger partial charge in [0.2, 0.25) is 5.91 Å². The molecule has 1 N–H and O–H groups in total. The molecule has 0 bridgehead atoms. The number of benzene rings is 2. The predicted molar refractivity (Wildman–Crippen MR) is 106 cm³/mol. The lowest BCUT2D eigenvalue weighted by atomic mass is 9.88. The third-order valence-corrected chi connectivity index (χ3v) is 5.34. The van der Waals surface area contributed by atoms with E-state index in [-0.39, 0.29) is 11.9 Å². The van der Waals surface area contributed by atoms with Crippen molar-refractivity contribution in [1.82, 2.24) is 5.32 Å². The van der Waals surface area contributed by atoms with Crippen molar-refractivity contribution < 1.29 is 9.53 Å². The summed E-state index contributed by atoms with van der Waals surface area (Å²) in [5.74, 6) is 0.925. The van der Waals surface area contributed by atoms with Gasteiger partial charge in [0.15, 0.2) is 0 Å². The standard InChI is InChI=1S/C23H29NO2/c1-4-21(20-11-10-18-7-5-6-8-19(18)15-20)24-23(25)14-17-9-12-22(26-3)16(2)13-17/h9-13,15,21H,4-8,14H2,1-3H3,(H,24,25). The number of carbonyl (C=O) groups is 1. The fraction of sp³-hybridized carbons (Fsp3) is 0.435. The summed E-state index contributed by atoms with van der Waals surface area (Å²) in [4.78, 5) is 12.6. The van der Waals surface area contributed by atoms with E-state index in [4.69, 9.17) is 4.74 Å². The summed E-state index contributed by atoms with van der Waals surface area (Å²) < 4.78 is 5.29. The molecule has 0 radical (unpaired) electrons. The number of rotatable bonds is 6. The van der Waals surface area contributed by atoms with Crippen LogP contribution < -0.4 is 10.1 Å². The molecule has 1 unspecified atom stereocenters. The van der Waals surface area contributed by atoms with Crippen LogP contribution in [0.25, 0.3) is 0 Å². The third kappa shape index (κ3) is 4.27. The SMILES string of the molecule is CCC(NC(=O)Cc1ccc(OC)c(C)c1)c1ccc2c(c1)CCCC2. The van der Waals surface area contributed by atoms with Gasteiger partial charge in [-0.25, -0.2) is 0 Å². The Labute approximate surface area is 156 Å². The van der Waals surface area contributed by atoms with E-state index in [1.165, 1.54) is 42.4 Å². The molecule has 0 saturated heterocycles. The summed E-state index contributed by atoms with van der Waals surface area (Å²) >= 11 is 0. The fourth-order valence-electron chi connectivity index (χ4n) is 3.87. The van der Waals surface area contributed by atoms with Crippen molar-refractivity contribution >= 4 is 5.91 Å². The molecular weight excluding hydrogens is 322 g/mol. The Bertz CT molecular complexity index is 782. The maximum Gasteiger partial charge on any atom is 0.224 e. The Morgan fingerprint density at radius 2 is 1.88 bits per heavy atom. The van der Waals surface area contributed by atoms with Crippen LogP contribution in [0.15, 0.2) is 36.4 Å². The summed E-state index contributed by atoms with van der Waals surface area (Å²) in [6, 6.07) is 12.7. The molecule has 138 valence electrons. The van der Waals surface area contributed by atoms with E-state index in [1.54, 1.807) is 7.11 Å². The zero-order chi connectivity index (χ0) is 18.5. The zero-order valence-corrected chi connectivity index (χ0v) is 16.1. The molecule has 0 aliphatic heterocycles. The smallest absolute Gasteiger partial charge is 0.224 e. The highest BCUT2D eigenvalue weighted by Gasteiger charge is 2.16. The highest BCUT2D eigenvalue weighted by atomic mass is 16.5. The maximum absolute atomic E-state index is 12.6. The van der Waals surface area contributed by atoms with Crippen LogP contribution in [0.5, 0.6) is 5.75 Å². The molecule has 3 nitrogen and oxygen atoms in total. The summed E-state index contributed by atoms with van der Waals surface area (Å²) in [5.41, 5.74) is 6.25. The van der Waals surface area contributed by atoms with Crippen molar-refractivity contribution in [3.8, 4) is 5.75 Å². The molecule has 3 rings (SSSR count). The van der Waals surface area contributed by atoms with E-state index >= 15 is 0 Å². The van der Waals surface area contributed by atoms with E-state index in [0.29, 0.717) is 6.42 Å². The molecule has 2 aromatic carbocycles. The summed E-state index contributed by atoms with van der Waals surface area (Å²) in [5, 5.41) is 3.22. The molecule has 0 saturated carbocycles. The number of hydrogen-bond donors (Lipinski definition) is 1. The topological polar surface area (TPSA) is 38.3 Å². The maximum atomic E-state index is 12.6. The summed E-state index contributed by atoms with van der Waals surface area (Å²) in [7, 11) is 1.67. The number of methoxy groups -OCH3 is 1. The first-order chi connectivity index (χ1) is 12.6. The van der Waals surface area contributed by atoms with Crippen LogP contribution in [-0.2, 0) is 24.1 Å². The number of carbonyl (C=O) groups excluding carboxylic acids is 1. The highest BCUT2D eigenvalue weighted by Crippen LogP contribution is 2.26. The molecule has 0 fully saturated rings. The highest BCUT2D eigenvalue weighted by molar-refractivity contribution is 5.79. The molecular formula is C23H29NO2.